The summed E-state index contributed by atoms with van der Waals surface area (Å²) < 4.78 is 0. The quantitative estimate of drug-likeness (QED) is 0.698. The maximum Gasteiger partial charge on any atom is 0.238 e. The fourth-order valence-corrected chi connectivity index (χ4v) is 2.94. The van der Waals surface area contributed by atoms with Gasteiger partial charge >= 0.3 is 0 Å². The van der Waals surface area contributed by atoms with Crippen LogP contribution in [-0.4, -0.2) is 41.7 Å². The van der Waals surface area contributed by atoms with Crippen LogP contribution in [0.15, 0.2) is 18.2 Å². The molecule has 21 heavy (non-hydrogen) atoms. The fraction of sp³-hybridized carbons (Fsp3) is 0.562. The molecule has 1 aliphatic rings. The van der Waals surface area contributed by atoms with Gasteiger partial charge in [-0.05, 0) is 37.5 Å². The number of anilines is 2. The van der Waals surface area contributed by atoms with Gasteiger partial charge in [-0.1, -0.05) is 18.9 Å². The minimum atomic E-state index is -0.0518. The van der Waals surface area contributed by atoms with E-state index in [2.05, 4.69) is 10.2 Å². The molecule has 1 fully saturated rings. The van der Waals surface area contributed by atoms with Crippen LogP contribution in [-0.2, 0) is 4.79 Å². The Kier molecular flexibility index (Phi) is 5.59. The summed E-state index contributed by atoms with van der Waals surface area (Å²) in [5.41, 5.74) is 8.15. The van der Waals surface area contributed by atoms with Crippen LogP contribution in [0.1, 0.15) is 31.2 Å². The smallest absolute Gasteiger partial charge is 0.238 e. The summed E-state index contributed by atoms with van der Waals surface area (Å²) in [5, 5.41) is 12.1. The Labute approximate surface area is 126 Å². The Bertz CT molecular complexity index is 484. The maximum absolute atomic E-state index is 12.2. The van der Waals surface area contributed by atoms with E-state index in [0.29, 0.717) is 24.8 Å². The molecule has 0 aliphatic heterocycles. The number of hydrogen-bond donors (Lipinski definition) is 3. The molecule has 116 valence electrons. The van der Waals surface area contributed by atoms with Gasteiger partial charge in [0.1, 0.15) is 0 Å². The summed E-state index contributed by atoms with van der Waals surface area (Å²) in [7, 11) is 0. The van der Waals surface area contributed by atoms with Gasteiger partial charge in [-0.15, -0.1) is 0 Å². The van der Waals surface area contributed by atoms with Crippen LogP contribution in [0.4, 0.5) is 11.4 Å². The van der Waals surface area contributed by atoms with Crippen LogP contribution in [0.25, 0.3) is 0 Å². The number of aliphatic hydroxyl groups excluding tert-OH is 1. The molecule has 4 N–H and O–H groups in total. The molecule has 2 rings (SSSR count). The molecule has 1 aromatic rings. The number of carbonyl (C=O) groups is 1. The SMILES string of the molecule is Cc1ccc(N)cc1NC(=O)CN(CCO)C1CCCC1. The van der Waals surface area contributed by atoms with Crippen molar-refractivity contribution in [3.8, 4) is 0 Å². The summed E-state index contributed by atoms with van der Waals surface area (Å²) in [5.74, 6) is -0.0518. The van der Waals surface area contributed by atoms with Crippen molar-refractivity contribution < 1.29 is 9.90 Å². The number of nitrogen functional groups attached to an aromatic ring is 1. The van der Waals surface area contributed by atoms with Crippen molar-refractivity contribution in [1.82, 2.24) is 4.90 Å². The number of amides is 1. The number of nitrogens with one attached hydrogen (secondary N) is 1. The van der Waals surface area contributed by atoms with Crippen LogP contribution in [0.3, 0.4) is 0 Å². The first-order chi connectivity index (χ1) is 10.1. The maximum atomic E-state index is 12.2. The third-order valence-electron chi connectivity index (χ3n) is 4.11. The minimum absolute atomic E-state index is 0.0518. The molecule has 1 saturated carbocycles. The molecule has 0 spiro atoms. The number of hydrogen-bond acceptors (Lipinski definition) is 4. The highest BCUT2D eigenvalue weighted by molar-refractivity contribution is 5.93. The topological polar surface area (TPSA) is 78.6 Å². The van der Waals surface area contributed by atoms with Gasteiger partial charge in [0.15, 0.2) is 0 Å². The van der Waals surface area contributed by atoms with Crippen molar-refractivity contribution in [3.05, 3.63) is 23.8 Å². The van der Waals surface area contributed by atoms with Gasteiger partial charge in [-0.2, -0.15) is 0 Å². The number of nitrogens with two attached hydrogens (primary N) is 1. The molecule has 5 nitrogen and oxygen atoms in total. The molecule has 1 aromatic carbocycles. The molecule has 1 aliphatic carbocycles. The van der Waals surface area contributed by atoms with E-state index >= 15 is 0 Å². The van der Waals surface area contributed by atoms with Crippen molar-refractivity contribution in [3.63, 3.8) is 0 Å². The highest BCUT2D eigenvalue weighted by Crippen LogP contribution is 2.23. The Morgan fingerprint density at radius 2 is 2.14 bits per heavy atom. The first kappa shape index (κ1) is 15.8. The van der Waals surface area contributed by atoms with Crippen molar-refractivity contribution in [2.24, 2.45) is 0 Å². The number of rotatable bonds is 6. The molecule has 0 atom stereocenters. The van der Waals surface area contributed by atoms with E-state index < -0.39 is 0 Å². The third kappa shape index (κ3) is 4.44. The predicted octanol–water partition coefficient (Wildman–Crippen LogP) is 1.75. The first-order valence-electron chi connectivity index (χ1n) is 7.61. The minimum Gasteiger partial charge on any atom is -0.399 e. The zero-order valence-electron chi connectivity index (χ0n) is 12.6. The van der Waals surface area contributed by atoms with Crippen LogP contribution in [0, 0.1) is 6.92 Å². The average molecular weight is 291 g/mol. The molecular formula is C16H25N3O2. The highest BCUT2D eigenvalue weighted by Gasteiger charge is 2.24. The van der Waals surface area contributed by atoms with Gasteiger partial charge in [0.2, 0.25) is 5.91 Å². The lowest BCUT2D eigenvalue weighted by atomic mass is 10.1. The van der Waals surface area contributed by atoms with E-state index in [9.17, 15) is 9.90 Å². The monoisotopic (exact) mass is 291 g/mol. The van der Waals surface area contributed by atoms with E-state index in [0.717, 1.165) is 24.1 Å². The van der Waals surface area contributed by atoms with Crippen molar-refractivity contribution in [1.29, 1.82) is 0 Å². The lowest BCUT2D eigenvalue weighted by Gasteiger charge is -2.27. The van der Waals surface area contributed by atoms with Crippen molar-refractivity contribution in [2.75, 3.05) is 30.7 Å². The van der Waals surface area contributed by atoms with E-state index in [1.807, 2.05) is 19.1 Å². The normalized spacial score (nSPS) is 15.6. The summed E-state index contributed by atoms with van der Waals surface area (Å²) in [4.78, 5) is 14.3. The second-order valence-corrected chi connectivity index (χ2v) is 5.75. The van der Waals surface area contributed by atoms with Crippen LogP contribution in [0.5, 0.6) is 0 Å². The number of carbonyl (C=O) groups excluding carboxylic acids is 1. The van der Waals surface area contributed by atoms with Crippen LogP contribution in [0.2, 0.25) is 0 Å². The summed E-state index contributed by atoms with van der Waals surface area (Å²) in [6, 6.07) is 5.92. The molecule has 0 radical (unpaired) electrons. The second kappa shape index (κ2) is 7.43. The zero-order chi connectivity index (χ0) is 15.2. The molecule has 0 aromatic heterocycles. The Morgan fingerprint density at radius 3 is 2.81 bits per heavy atom. The van der Waals surface area contributed by atoms with Crippen molar-refractivity contribution >= 4 is 17.3 Å². The van der Waals surface area contributed by atoms with Crippen molar-refractivity contribution in [2.45, 2.75) is 38.6 Å². The number of aliphatic hydroxyl groups is 1. The van der Waals surface area contributed by atoms with Gasteiger partial charge < -0.3 is 16.2 Å². The highest BCUT2D eigenvalue weighted by atomic mass is 16.3. The number of benzene rings is 1. The molecule has 0 heterocycles. The molecule has 0 unspecified atom stereocenters. The second-order valence-electron chi connectivity index (χ2n) is 5.75. The Morgan fingerprint density at radius 1 is 1.43 bits per heavy atom. The molecule has 1 amide bonds. The predicted molar refractivity (Wildman–Crippen MR) is 85.1 cm³/mol. The third-order valence-corrected chi connectivity index (χ3v) is 4.11. The van der Waals surface area contributed by atoms with Gasteiger partial charge in [0, 0.05) is 24.0 Å². The number of aryl methyl sites for hydroxylation is 1. The largest absolute Gasteiger partial charge is 0.399 e. The number of nitrogens with zero attached hydrogens (tertiary/aromatic N) is 1. The average Bonchev–Trinajstić information content (AvgIpc) is 2.96. The van der Waals surface area contributed by atoms with E-state index in [4.69, 9.17) is 5.73 Å². The van der Waals surface area contributed by atoms with Gasteiger partial charge in [0.05, 0.1) is 13.2 Å². The Balaban J connectivity index is 1.96. The van der Waals surface area contributed by atoms with Crippen LogP contribution >= 0.6 is 0 Å². The fourth-order valence-electron chi connectivity index (χ4n) is 2.94. The van der Waals surface area contributed by atoms with Crippen LogP contribution < -0.4 is 11.1 Å². The Hall–Kier alpha value is -1.59. The van der Waals surface area contributed by atoms with E-state index in [1.54, 1.807) is 6.07 Å². The van der Waals surface area contributed by atoms with E-state index in [1.165, 1.54) is 12.8 Å². The summed E-state index contributed by atoms with van der Waals surface area (Å²) in [6.45, 7) is 2.89. The standard InChI is InChI=1S/C16H25N3O2/c1-12-6-7-13(17)10-15(12)18-16(21)11-19(8-9-20)14-4-2-3-5-14/h6-7,10,14,20H,2-5,8-9,11,17H2,1H3,(H,18,21). The summed E-state index contributed by atoms with van der Waals surface area (Å²) in [6.07, 6.45) is 4.65. The molecule has 5 heteroatoms. The van der Waals surface area contributed by atoms with Gasteiger partial charge in [0.25, 0.3) is 0 Å². The van der Waals surface area contributed by atoms with Gasteiger partial charge in [-0.25, -0.2) is 0 Å². The lowest BCUT2D eigenvalue weighted by molar-refractivity contribution is -0.118. The molecule has 0 bridgehead atoms. The first-order valence-corrected chi connectivity index (χ1v) is 7.61. The summed E-state index contributed by atoms with van der Waals surface area (Å²) >= 11 is 0. The van der Waals surface area contributed by atoms with E-state index in [-0.39, 0.29) is 12.5 Å². The molecular weight excluding hydrogens is 266 g/mol. The molecule has 0 saturated heterocycles. The zero-order valence-corrected chi connectivity index (χ0v) is 12.6. The van der Waals surface area contributed by atoms with Gasteiger partial charge in [-0.3, -0.25) is 9.69 Å². The lowest BCUT2D eigenvalue weighted by Crippen LogP contribution is -2.41.